The molecule has 0 spiro atoms. The lowest BCUT2D eigenvalue weighted by Crippen LogP contribution is -2.31. The van der Waals surface area contributed by atoms with Crippen LogP contribution in [0.2, 0.25) is 0 Å². The number of halogens is 1. The molecule has 0 aliphatic carbocycles. The van der Waals surface area contributed by atoms with E-state index >= 15 is 0 Å². The van der Waals surface area contributed by atoms with Gasteiger partial charge in [-0.25, -0.2) is 17.5 Å². The van der Waals surface area contributed by atoms with Crippen molar-refractivity contribution >= 4 is 27.3 Å². The summed E-state index contributed by atoms with van der Waals surface area (Å²) in [6, 6.07) is 10.1. The number of nitro benzene ring substituents is 1. The zero-order valence-electron chi connectivity index (χ0n) is 14.0. The summed E-state index contributed by atoms with van der Waals surface area (Å²) in [5.74, 6) is -0.811. The Labute approximate surface area is 154 Å². The summed E-state index contributed by atoms with van der Waals surface area (Å²) >= 11 is 0. The van der Waals surface area contributed by atoms with Crippen LogP contribution in [0.3, 0.4) is 0 Å². The molecule has 142 valence electrons. The summed E-state index contributed by atoms with van der Waals surface area (Å²) < 4.78 is 40.1. The van der Waals surface area contributed by atoms with E-state index in [9.17, 15) is 27.7 Å². The van der Waals surface area contributed by atoms with Crippen LogP contribution >= 0.6 is 0 Å². The first-order valence-electron chi connectivity index (χ1n) is 8.06. The molecule has 2 aromatic carbocycles. The van der Waals surface area contributed by atoms with Gasteiger partial charge in [0.25, 0.3) is 5.69 Å². The van der Waals surface area contributed by atoms with Crippen LogP contribution in [0.15, 0.2) is 53.4 Å². The van der Waals surface area contributed by atoms with Crippen molar-refractivity contribution in [3.8, 4) is 0 Å². The molecule has 1 N–H and O–H groups in total. The van der Waals surface area contributed by atoms with Gasteiger partial charge < -0.3 is 4.90 Å². The maximum absolute atomic E-state index is 13.0. The van der Waals surface area contributed by atoms with Crippen LogP contribution in [0.25, 0.3) is 0 Å². The number of nitrogens with zero attached hydrogens (tertiary/aromatic N) is 2. The zero-order chi connectivity index (χ0) is 19.6. The molecule has 1 amide bonds. The van der Waals surface area contributed by atoms with Crippen molar-refractivity contribution in [1.82, 2.24) is 4.72 Å². The van der Waals surface area contributed by atoms with Gasteiger partial charge in [-0.05, 0) is 42.3 Å². The standard InChI is InChI=1S/C17H16FN3O5S/c18-13-1-3-14(4-2-13)20-11-12(9-17(20)22)10-19-27(25,26)16-7-5-15(6-8-16)21(23)24/h1-8,12,19H,9-11H2. The molecule has 10 heteroatoms. The Morgan fingerprint density at radius 1 is 1.15 bits per heavy atom. The van der Waals surface area contributed by atoms with Crippen LogP contribution in [0, 0.1) is 21.8 Å². The summed E-state index contributed by atoms with van der Waals surface area (Å²) in [5.41, 5.74) is 0.354. The second-order valence-electron chi connectivity index (χ2n) is 6.15. The molecule has 0 aromatic heterocycles. The lowest BCUT2D eigenvalue weighted by molar-refractivity contribution is -0.384. The van der Waals surface area contributed by atoms with E-state index in [-0.39, 0.29) is 35.4 Å². The van der Waals surface area contributed by atoms with Crippen LogP contribution in [-0.4, -0.2) is 32.3 Å². The van der Waals surface area contributed by atoms with Crippen molar-refractivity contribution in [2.45, 2.75) is 11.3 Å². The van der Waals surface area contributed by atoms with Gasteiger partial charge in [0.05, 0.1) is 9.82 Å². The molecule has 1 fully saturated rings. The number of amides is 1. The number of anilines is 1. The minimum atomic E-state index is -3.85. The number of rotatable bonds is 6. The number of benzene rings is 2. The fourth-order valence-electron chi connectivity index (χ4n) is 2.85. The summed E-state index contributed by atoms with van der Waals surface area (Å²) in [5, 5.41) is 10.6. The lowest BCUT2D eigenvalue weighted by atomic mass is 10.1. The smallest absolute Gasteiger partial charge is 0.269 e. The van der Waals surface area contributed by atoms with Crippen molar-refractivity contribution in [2.24, 2.45) is 5.92 Å². The van der Waals surface area contributed by atoms with Gasteiger partial charge in [0.1, 0.15) is 5.82 Å². The molecular formula is C17H16FN3O5S. The molecule has 0 saturated carbocycles. The second kappa shape index (κ2) is 7.41. The lowest BCUT2D eigenvalue weighted by Gasteiger charge is -2.17. The Kier molecular flexibility index (Phi) is 5.19. The number of carbonyl (C=O) groups is 1. The molecule has 1 aliphatic heterocycles. The third-order valence-corrected chi connectivity index (χ3v) is 5.70. The fourth-order valence-corrected chi connectivity index (χ4v) is 3.96. The van der Waals surface area contributed by atoms with Gasteiger partial charge in [0.15, 0.2) is 0 Å². The number of nitro groups is 1. The Morgan fingerprint density at radius 3 is 2.37 bits per heavy atom. The van der Waals surface area contributed by atoms with Crippen LogP contribution in [0.4, 0.5) is 15.8 Å². The number of nitrogens with one attached hydrogen (secondary N) is 1. The highest BCUT2D eigenvalue weighted by atomic mass is 32.2. The maximum atomic E-state index is 13.0. The summed E-state index contributed by atoms with van der Waals surface area (Å²) in [6.45, 7) is 0.357. The van der Waals surface area contributed by atoms with E-state index in [4.69, 9.17) is 0 Å². The summed E-state index contributed by atoms with van der Waals surface area (Å²) in [4.78, 5) is 23.6. The molecule has 0 radical (unpaired) electrons. The molecule has 1 atom stereocenters. The Bertz CT molecular complexity index is 961. The first kappa shape index (κ1) is 18.9. The van der Waals surface area contributed by atoms with Gasteiger partial charge >= 0.3 is 0 Å². The predicted octanol–water partition coefficient (Wildman–Crippen LogP) is 2.07. The average molecular weight is 393 g/mol. The van der Waals surface area contributed by atoms with Gasteiger partial charge in [0.2, 0.25) is 15.9 Å². The molecule has 27 heavy (non-hydrogen) atoms. The van der Waals surface area contributed by atoms with Gasteiger partial charge in [-0.15, -0.1) is 0 Å². The monoisotopic (exact) mass is 393 g/mol. The molecule has 2 aromatic rings. The average Bonchev–Trinajstić information content (AvgIpc) is 3.02. The maximum Gasteiger partial charge on any atom is 0.269 e. The highest BCUT2D eigenvalue weighted by Gasteiger charge is 2.31. The van der Waals surface area contributed by atoms with Crippen LogP contribution in [0.5, 0.6) is 0 Å². The molecule has 1 unspecified atom stereocenters. The Morgan fingerprint density at radius 2 is 1.78 bits per heavy atom. The van der Waals surface area contributed by atoms with Gasteiger partial charge in [-0.2, -0.15) is 0 Å². The van der Waals surface area contributed by atoms with Crippen molar-refractivity contribution in [3.05, 3.63) is 64.5 Å². The SMILES string of the molecule is O=C1CC(CNS(=O)(=O)c2ccc([N+](=O)[O-])cc2)CN1c1ccc(F)cc1. The highest BCUT2D eigenvalue weighted by Crippen LogP contribution is 2.25. The van der Waals surface area contributed by atoms with Crippen molar-refractivity contribution < 1.29 is 22.5 Å². The van der Waals surface area contributed by atoms with Crippen LogP contribution in [-0.2, 0) is 14.8 Å². The van der Waals surface area contributed by atoms with E-state index in [1.807, 2.05) is 0 Å². The first-order chi connectivity index (χ1) is 12.8. The molecule has 8 nitrogen and oxygen atoms in total. The predicted molar refractivity (Wildman–Crippen MR) is 95.1 cm³/mol. The minimum absolute atomic E-state index is 0.0444. The van der Waals surface area contributed by atoms with Gasteiger partial charge in [-0.1, -0.05) is 0 Å². The van der Waals surface area contributed by atoms with Crippen molar-refractivity contribution in [3.63, 3.8) is 0 Å². The van der Waals surface area contributed by atoms with E-state index in [1.54, 1.807) is 0 Å². The summed E-state index contributed by atoms with van der Waals surface area (Å²) in [7, 11) is -3.85. The number of hydrogen-bond donors (Lipinski definition) is 1. The number of hydrogen-bond acceptors (Lipinski definition) is 5. The number of carbonyl (C=O) groups excluding carboxylic acids is 1. The highest BCUT2D eigenvalue weighted by molar-refractivity contribution is 7.89. The molecule has 3 rings (SSSR count). The fraction of sp³-hybridized carbons (Fsp3) is 0.235. The Hall–Kier alpha value is -2.85. The normalized spacial score (nSPS) is 17.3. The third kappa shape index (κ3) is 4.29. The quantitative estimate of drug-likeness (QED) is 0.597. The molecular weight excluding hydrogens is 377 g/mol. The molecule has 1 saturated heterocycles. The second-order valence-corrected chi connectivity index (χ2v) is 7.92. The van der Waals surface area contributed by atoms with E-state index < -0.39 is 20.8 Å². The largest absolute Gasteiger partial charge is 0.312 e. The minimum Gasteiger partial charge on any atom is -0.312 e. The number of non-ortho nitro benzene ring substituents is 1. The topological polar surface area (TPSA) is 110 Å². The van der Waals surface area contributed by atoms with Gasteiger partial charge in [-0.3, -0.25) is 14.9 Å². The van der Waals surface area contributed by atoms with E-state index in [0.29, 0.717) is 12.2 Å². The van der Waals surface area contributed by atoms with E-state index in [0.717, 1.165) is 24.3 Å². The first-order valence-corrected chi connectivity index (χ1v) is 9.54. The molecule has 1 heterocycles. The zero-order valence-corrected chi connectivity index (χ0v) is 14.9. The molecule has 0 bridgehead atoms. The van der Waals surface area contributed by atoms with Gasteiger partial charge in [0, 0.05) is 37.3 Å². The van der Waals surface area contributed by atoms with E-state index in [1.165, 1.54) is 29.2 Å². The summed E-state index contributed by atoms with van der Waals surface area (Å²) in [6.07, 6.45) is 0.167. The van der Waals surface area contributed by atoms with E-state index in [2.05, 4.69) is 4.72 Å². The van der Waals surface area contributed by atoms with Crippen molar-refractivity contribution in [1.29, 1.82) is 0 Å². The third-order valence-electron chi connectivity index (χ3n) is 4.26. The van der Waals surface area contributed by atoms with Crippen LogP contribution in [0.1, 0.15) is 6.42 Å². The number of sulfonamides is 1. The van der Waals surface area contributed by atoms with Crippen molar-refractivity contribution in [2.75, 3.05) is 18.0 Å². The van der Waals surface area contributed by atoms with Crippen LogP contribution < -0.4 is 9.62 Å². The molecule has 1 aliphatic rings. The Balaban J connectivity index is 1.63.